The summed E-state index contributed by atoms with van der Waals surface area (Å²) in [6.07, 6.45) is 4.31. The number of nitrogens with zero attached hydrogens (tertiary/aromatic N) is 4. The third kappa shape index (κ3) is 5.73. The molecule has 0 spiro atoms. The van der Waals surface area contributed by atoms with Crippen LogP contribution in [0.3, 0.4) is 0 Å². The Hall–Kier alpha value is -4.47. The lowest BCUT2D eigenvalue weighted by Gasteiger charge is -2.32. The molecule has 1 amide bonds. The Morgan fingerprint density at radius 3 is 2.48 bits per heavy atom. The summed E-state index contributed by atoms with van der Waals surface area (Å²) < 4.78 is 1.52. The minimum atomic E-state index is -0.258. The molecule has 0 bridgehead atoms. The molecule has 4 heterocycles. The Balaban J connectivity index is 1.30. The average Bonchev–Trinajstić information content (AvgIpc) is 3.03. The summed E-state index contributed by atoms with van der Waals surface area (Å²) in [5, 5.41) is 17.2. The van der Waals surface area contributed by atoms with Crippen LogP contribution in [0.4, 0.5) is 22.9 Å². The summed E-state index contributed by atoms with van der Waals surface area (Å²) >= 11 is 0. The van der Waals surface area contributed by atoms with Gasteiger partial charge in [0.1, 0.15) is 11.5 Å². The first-order chi connectivity index (χ1) is 21.1. The summed E-state index contributed by atoms with van der Waals surface area (Å²) in [6.45, 7) is 10.5. The van der Waals surface area contributed by atoms with Crippen LogP contribution in [-0.4, -0.2) is 53.3 Å². The Morgan fingerprint density at radius 2 is 1.77 bits per heavy atom. The molecule has 2 aliphatic heterocycles. The monoisotopic (exact) mass is 592 g/mol. The number of fused-ring (bicyclic) bond motifs is 1. The summed E-state index contributed by atoms with van der Waals surface area (Å²) in [6, 6.07) is 17.5. The molecular formula is C35H40N6O3. The first-order valence-electron chi connectivity index (χ1n) is 15.2. The predicted molar refractivity (Wildman–Crippen MR) is 176 cm³/mol. The number of rotatable bonds is 6. The van der Waals surface area contributed by atoms with Crippen molar-refractivity contribution < 1.29 is 9.90 Å². The van der Waals surface area contributed by atoms with Gasteiger partial charge in [-0.05, 0) is 58.9 Å². The van der Waals surface area contributed by atoms with E-state index in [0.29, 0.717) is 34.9 Å². The van der Waals surface area contributed by atoms with Gasteiger partial charge in [0.25, 0.3) is 11.5 Å². The fraction of sp³-hybridized carbons (Fsp3) is 0.343. The molecule has 228 valence electrons. The normalized spacial score (nSPS) is 15.3. The molecule has 3 N–H and O–H groups in total. The summed E-state index contributed by atoms with van der Waals surface area (Å²) in [7, 11) is 1.71. The topological polar surface area (TPSA) is 103 Å². The van der Waals surface area contributed by atoms with Crippen LogP contribution in [0.2, 0.25) is 0 Å². The van der Waals surface area contributed by atoms with Crippen LogP contribution in [-0.2, 0) is 25.5 Å². The van der Waals surface area contributed by atoms with E-state index in [2.05, 4.69) is 47.4 Å². The van der Waals surface area contributed by atoms with E-state index in [1.54, 1.807) is 24.2 Å². The molecule has 1 fully saturated rings. The molecule has 1 saturated heterocycles. The minimum absolute atomic E-state index is 0.00159. The van der Waals surface area contributed by atoms with Gasteiger partial charge in [-0.15, -0.1) is 0 Å². The van der Waals surface area contributed by atoms with E-state index in [-0.39, 0.29) is 23.5 Å². The second kappa shape index (κ2) is 11.9. The van der Waals surface area contributed by atoms with Crippen molar-refractivity contribution in [2.24, 2.45) is 7.05 Å². The number of amides is 1. The molecule has 0 radical (unpaired) electrons. The molecule has 4 aromatic rings. The van der Waals surface area contributed by atoms with Crippen molar-refractivity contribution in [3.05, 3.63) is 99.6 Å². The van der Waals surface area contributed by atoms with Crippen molar-refractivity contribution in [3.63, 3.8) is 0 Å². The number of anilines is 4. The molecule has 44 heavy (non-hydrogen) atoms. The second-order valence-electron chi connectivity index (χ2n) is 12.6. The number of aliphatic hydroxyl groups is 1. The molecule has 2 aliphatic rings. The van der Waals surface area contributed by atoms with Gasteiger partial charge in [-0.3, -0.25) is 9.59 Å². The van der Waals surface area contributed by atoms with E-state index in [1.165, 1.54) is 10.1 Å². The maximum Gasteiger partial charge on any atom is 0.274 e. The van der Waals surface area contributed by atoms with Gasteiger partial charge in [-0.1, -0.05) is 45.0 Å². The number of carbonyl (C=O) groups excluding carboxylic acids is 1. The number of benzene rings is 2. The van der Waals surface area contributed by atoms with Gasteiger partial charge in [0.2, 0.25) is 0 Å². The maximum absolute atomic E-state index is 13.8. The van der Waals surface area contributed by atoms with Crippen molar-refractivity contribution in [2.45, 2.75) is 39.2 Å². The largest absolute Gasteiger partial charge is 0.392 e. The van der Waals surface area contributed by atoms with E-state index >= 15 is 0 Å². The lowest BCUT2D eigenvalue weighted by atomic mass is 9.84. The first kappa shape index (κ1) is 29.6. The maximum atomic E-state index is 13.8. The third-order valence-corrected chi connectivity index (χ3v) is 8.64. The molecule has 0 saturated carbocycles. The van der Waals surface area contributed by atoms with Gasteiger partial charge in [0.05, 0.1) is 24.2 Å². The van der Waals surface area contributed by atoms with Gasteiger partial charge in [-0.2, -0.15) is 0 Å². The highest BCUT2D eigenvalue weighted by Gasteiger charge is 2.29. The van der Waals surface area contributed by atoms with Gasteiger partial charge in [-0.25, -0.2) is 4.98 Å². The van der Waals surface area contributed by atoms with Crippen LogP contribution in [0.25, 0.3) is 11.1 Å². The summed E-state index contributed by atoms with van der Waals surface area (Å²) in [5.74, 6) is 0.498. The molecule has 9 heteroatoms. The number of nitrogens with one attached hydrogen (secondary N) is 2. The van der Waals surface area contributed by atoms with Crippen molar-refractivity contribution in [1.82, 2.24) is 14.9 Å². The quantitative estimate of drug-likeness (QED) is 0.301. The number of hydrogen-bond acceptors (Lipinski definition) is 7. The number of carbonyl (C=O) groups is 1. The zero-order valence-corrected chi connectivity index (χ0v) is 25.9. The number of pyridine rings is 2. The minimum Gasteiger partial charge on any atom is -0.392 e. The Bertz CT molecular complexity index is 1750. The smallest absolute Gasteiger partial charge is 0.274 e. The Labute approximate surface area is 258 Å². The highest BCUT2D eigenvalue weighted by molar-refractivity contribution is 6.09. The van der Waals surface area contributed by atoms with E-state index < -0.39 is 0 Å². The second-order valence-corrected chi connectivity index (χ2v) is 12.6. The van der Waals surface area contributed by atoms with E-state index in [9.17, 15) is 14.7 Å². The van der Waals surface area contributed by atoms with Crippen LogP contribution >= 0.6 is 0 Å². The lowest BCUT2D eigenvalue weighted by Crippen LogP contribution is -2.43. The first-order valence-corrected chi connectivity index (χ1v) is 15.2. The summed E-state index contributed by atoms with van der Waals surface area (Å²) in [5.41, 5.74) is 7.01. The molecule has 0 atom stereocenters. The van der Waals surface area contributed by atoms with Crippen LogP contribution in [0.15, 0.2) is 71.8 Å². The zero-order valence-electron chi connectivity index (χ0n) is 25.9. The van der Waals surface area contributed by atoms with Crippen LogP contribution in [0.1, 0.15) is 47.8 Å². The van der Waals surface area contributed by atoms with Crippen LogP contribution in [0, 0.1) is 0 Å². The molecule has 0 unspecified atom stereocenters. The van der Waals surface area contributed by atoms with Crippen molar-refractivity contribution in [3.8, 4) is 11.1 Å². The lowest BCUT2D eigenvalue weighted by molar-refractivity contribution is 0.0980. The predicted octanol–water partition coefficient (Wildman–Crippen LogP) is 4.59. The van der Waals surface area contributed by atoms with Crippen molar-refractivity contribution in [2.75, 3.05) is 47.8 Å². The number of hydrogen-bond donors (Lipinski definition) is 3. The van der Waals surface area contributed by atoms with Crippen LogP contribution < -0.4 is 26.0 Å². The molecule has 2 aromatic heterocycles. The molecule has 0 aliphatic carbocycles. The van der Waals surface area contributed by atoms with Gasteiger partial charge >= 0.3 is 0 Å². The van der Waals surface area contributed by atoms with Gasteiger partial charge in [0, 0.05) is 62.7 Å². The molecule has 2 aromatic carbocycles. The van der Waals surface area contributed by atoms with Crippen molar-refractivity contribution in [1.29, 1.82) is 0 Å². The number of aliphatic hydroxyl groups excluding tert-OH is 1. The highest BCUT2D eigenvalue weighted by atomic mass is 16.3. The Kier molecular flexibility index (Phi) is 8.00. The fourth-order valence-corrected chi connectivity index (χ4v) is 6.11. The van der Waals surface area contributed by atoms with E-state index in [1.807, 2.05) is 48.7 Å². The Morgan fingerprint density at radius 1 is 0.977 bits per heavy atom. The number of aryl methyl sites for hydroxylation is 1. The number of aromatic nitrogens is 2. The third-order valence-electron chi connectivity index (χ3n) is 8.64. The SMILES string of the molecule is Cn1cc(-c2cccc(N3CCc4cc(C(C)(C)C)ccc4C3=O)c2CO)cc(Nc2ccc(N3CCNCC3)cn2)c1=O. The average molecular weight is 593 g/mol. The van der Waals surface area contributed by atoms with E-state index in [4.69, 9.17) is 0 Å². The van der Waals surface area contributed by atoms with E-state index in [0.717, 1.165) is 55.0 Å². The highest BCUT2D eigenvalue weighted by Crippen LogP contribution is 2.36. The van der Waals surface area contributed by atoms with Gasteiger partial charge < -0.3 is 30.1 Å². The van der Waals surface area contributed by atoms with Crippen LogP contribution in [0.5, 0.6) is 0 Å². The zero-order chi connectivity index (χ0) is 31.0. The molecule has 9 nitrogen and oxygen atoms in total. The standard InChI is InChI=1S/C35H40N6O3/c1-35(2,3)25-8-10-28-23(18-25)12-15-41(33(28)43)31-7-5-6-27(29(31)22-42)24-19-30(34(44)39(4)21-24)38-32-11-9-26(20-37-32)40-16-13-36-14-17-40/h5-11,18-21,36,42H,12-17,22H2,1-4H3,(H,37,38). The summed E-state index contributed by atoms with van der Waals surface area (Å²) in [4.78, 5) is 35.5. The van der Waals surface area contributed by atoms with Crippen molar-refractivity contribution >= 4 is 28.8 Å². The molecule has 6 rings (SSSR count). The molecular weight excluding hydrogens is 552 g/mol. The van der Waals surface area contributed by atoms with Gasteiger partial charge in [0.15, 0.2) is 0 Å². The fourth-order valence-electron chi connectivity index (χ4n) is 6.11. The number of piperazine rings is 1.